The Morgan fingerprint density at radius 2 is 1.91 bits per heavy atom. The third-order valence-corrected chi connectivity index (χ3v) is 9.01. The van der Waals surface area contributed by atoms with E-state index in [1.807, 2.05) is 42.6 Å². The summed E-state index contributed by atoms with van der Waals surface area (Å²) in [6.45, 7) is 6.19. The first-order valence-corrected chi connectivity index (χ1v) is 13.9. The molecule has 0 N–H and O–H groups in total. The molecule has 0 spiro atoms. The van der Waals surface area contributed by atoms with Crippen molar-refractivity contribution in [1.82, 2.24) is 9.21 Å². The molecule has 1 aliphatic heterocycles. The van der Waals surface area contributed by atoms with Crippen molar-refractivity contribution in [2.75, 3.05) is 26.2 Å². The van der Waals surface area contributed by atoms with Crippen LogP contribution >= 0.6 is 22.9 Å². The zero-order valence-electron chi connectivity index (χ0n) is 19.4. The van der Waals surface area contributed by atoms with Crippen LogP contribution in [0.15, 0.2) is 77.5 Å². The molecule has 1 aromatic heterocycles. The number of sulfonamides is 1. The van der Waals surface area contributed by atoms with Gasteiger partial charge in [0.2, 0.25) is 15.9 Å². The van der Waals surface area contributed by atoms with Crippen molar-refractivity contribution in [2.45, 2.75) is 24.3 Å². The summed E-state index contributed by atoms with van der Waals surface area (Å²) < 4.78 is 33.7. The van der Waals surface area contributed by atoms with E-state index in [0.717, 1.165) is 27.6 Å². The number of amides is 1. The van der Waals surface area contributed by atoms with E-state index >= 15 is 0 Å². The Kier molecular flexibility index (Phi) is 7.96. The maximum absolute atomic E-state index is 13.5. The third-order valence-electron chi connectivity index (χ3n) is 5.94. The molecule has 35 heavy (non-hydrogen) atoms. The first-order chi connectivity index (χ1) is 16.8. The molecular formula is C26H27ClN2O4S2. The second-order valence-electron chi connectivity index (χ2n) is 8.32. The standard InChI is InChI=1S/C26H27ClN2O4S2/c1-3-14-28(35(31,32)22-10-6-20(27)7-11-22)17-26(30)29-15-12-25-23(13-16-34-25)24(29)18-33-21-8-4-19(2)5-9-21/h3-11,13,16,24H,1,12,14-15,17-18H2,2H3/t24-/m0/s1. The molecule has 0 unspecified atom stereocenters. The molecule has 3 aromatic rings. The van der Waals surface area contributed by atoms with Gasteiger partial charge in [-0.1, -0.05) is 35.4 Å². The predicted octanol–water partition coefficient (Wildman–Crippen LogP) is 5.09. The average molecular weight is 531 g/mol. The largest absolute Gasteiger partial charge is 0.491 e. The molecule has 2 heterocycles. The number of hydrogen-bond acceptors (Lipinski definition) is 5. The van der Waals surface area contributed by atoms with Gasteiger partial charge in [0.05, 0.1) is 17.5 Å². The van der Waals surface area contributed by atoms with Crippen LogP contribution in [0.4, 0.5) is 0 Å². The van der Waals surface area contributed by atoms with Gasteiger partial charge in [0, 0.05) is 23.0 Å². The lowest BCUT2D eigenvalue weighted by Gasteiger charge is -2.36. The Balaban J connectivity index is 1.55. The van der Waals surface area contributed by atoms with Crippen molar-refractivity contribution >= 4 is 38.9 Å². The van der Waals surface area contributed by atoms with Crippen molar-refractivity contribution < 1.29 is 17.9 Å². The summed E-state index contributed by atoms with van der Waals surface area (Å²) in [6, 6.07) is 15.4. The van der Waals surface area contributed by atoms with E-state index < -0.39 is 10.0 Å². The van der Waals surface area contributed by atoms with E-state index in [2.05, 4.69) is 6.58 Å². The number of rotatable bonds is 9. The van der Waals surface area contributed by atoms with Gasteiger partial charge in [-0.05, 0) is 66.8 Å². The fraction of sp³-hybridized carbons (Fsp3) is 0.269. The number of nitrogens with zero attached hydrogens (tertiary/aromatic N) is 2. The monoisotopic (exact) mass is 530 g/mol. The van der Waals surface area contributed by atoms with Crippen LogP contribution in [-0.4, -0.2) is 49.8 Å². The van der Waals surface area contributed by atoms with Gasteiger partial charge in [-0.25, -0.2) is 8.42 Å². The van der Waals surface area contributed by atoms with E-state index in [9.17, 15) is 13.2 Å². The van der Waals surface area contributed by atoms with Crippen molar-refractivity contribution in [3.05, 3.63) is 93.7 Å². The minimum absolute atomic E-state index is 0.0127. The predicted molar refractivity (Wildman–Crippen MR) is 140 cm³/mol. The molecule has 2 aromatic carbocycles. The zero-order valence-corrected chi connectivity index (χ0v) is 21.8. The highest BCUT2D eigenvalue weighted by molar-refractivity contribution is 7.89. The number of benzene rings is 2. The molecule has 0 fully saturated rings. The van der Waals surface area contributed by atoms with E-state index in [4.69, 9.17) is 16.3 Å². The van der Waals surface area contributed by atoms with Gasteiger partial charge in [-0.2, -0.15) is 4.31 Å². The molecule has 184 valence electrons. The van der Waals surface area contributed by atoms with Crippen LogP contribution in [0.2, 0.25) is 5.02 Å². The van der Waals surface area contributed by atoms with E-state index in [-0.39, 0.29) is 36.5 Å². The lowest BCUT2D eigenvalue weighted by atomic mass is 10.0. The molecule has 6 nitrogen and oxygen atoms in total. The number of ether oxygens (including phenoxy) is 1. The fourth-order valence-electron chi connectivity index (χ4n) is 4.07. The van der Waals surface area contributed by atoms with Gasteiger partial charge in [0.15, 0.2) is 0 Å². The van der Waals surface area contributed by atoms with Crippen LogP contribution in [-0.2, 0) is 21.2 Å². The lowest BCUT2D eigenvalue weighted by Crippen LogP contribution is -2.47. The molecule has 0 aliphatic carbocycles. The molecule has 0 saturated carbocycles. The quantitative estimate of drug-likeness (QED) is 0.361. The van der Waals surface area contributed by atoms with Crippen LogP contribution in [0, 0.1) is 6.92 Å². The second kappa shape index (κ2) is 11.0. The normalized spacial score (nSPS) is 15.6. The maximum Gasteiger partial charge on any atom is 0.243 e. The van der Waals surface area contributed by atoms with E-state index in [1.165, 1.54) is 35.2 Å². The molecule has 4 rings (SSSR count). The number of fused-ring (bicyclic) bond motifs is 1. The number of carbonyl (C=O) groups excluding carboxylic acids is 1. The van der Waals surface area contributed by atoms with Gasteiger partial charge in [-0.15, -0.1) is 17.9 Å². The van der Waals surface area contributed by atoms with E-state index in [0.29, 0.717) is 11.6 Å². The minimum Gasteiger partial charge on any atom is -0.491 e. The first kappa shape index (κ1) is 25.4. The Labute approximate surface area is 215 Å². The fourth-order valence-corrected chi connectivity index (χ4v) is 6.49. The average Bonchev–Trinajstić information content (AvgIpc) is 3.32. The summed E-state index contributed by atoms with van der Waals surface area (Å²) in [6.07, 6.45) is 2.21. The number of halogens is 1. The van der Waals surface area contributed by atoms with Crippen LogP contribution in [0.5, 0.6) is 5.75 Å². The summed E-state index contributed by atoms with van der Waals surface area (Å²) in [4.78, 5) is 16.6. The van der Waals surface area contributed by atoms with Gasteiger partial charge in [0.1, 0.15) is 12.4 Å². The molecule has 0 radical (unpaired) electrons. The maximum atomic E-state index is 13.5. The summed E-state index contributed by atoms with van der Waals surface area (Å²) >= 11 is 7.59. The SMILES string of the molecule is C=CCN(CC(=O)N1CCc2sccc2[C@@H]1COc1ccc(C)cc1)S(=O)(=O)c1ccc(Cl)cc1. The highest BCUT2D eigenvalue weighted by Gasteiger charge is 2.35. The number of carbonyl (C=O) groups is 1. The van der Waals surface area contributed by atoms with Crippen LogP contribution in [0.25, 0.3) is 0 Å². The van der Waals surface area contributed by atoms with Crippen LogP contribution in [0.1, 0.15) is 22.0 Å². The third kappa shape index (κ3) is 5.78. The molecule has 0 saturated heterocycles. The summed E-state index contributed by atoms with van der Waals surface area (Å²) in [5, 5.41) is 2.46. The highest BCUT2D eigenvalue weighted by Crippen LogP contribution is 2.34. The highest BCUT2D eigenvalue weighted by atomic mass is 35.5. The first-order valence-electron chi connectivity index (χ1n) is 11.2. The van der Waals surface area contributed by atoms with Crippen molar-refractivity contribution in [1.29, 1.82) is 0 Å². The topological polar surface area (TPSA) is 66.9 Å². The smallest absolute Gasteiger partial charge is 0.243 e. The van der Waals surface area contributed by atoms with Gasteiger partial charge >= 0.3 is 0 Å². The number of thiophene rings is 1. The lowest BCUT2D eigenvalue weighted by molar-refractivity contribution is -0.135. The zero-order chi connectivity index (χ0) is 25.0. The van der Waals surface area contributed by atoms with Crippen molar-refractivity contribution in [3.63, 3.8) is 0 Å². The van der Waals surface area contributed by atoms with E-state index in [1.54, 1.807) is 16.2 Å². The Morgan fingerprint density at radius 1 is 1.20 bits per heavy atom. The van der Waals surface area contributed by atoms with Gasteiger partial charge in [0.25, 0.3) is 0 Å². The summed E-state index contributed by atoms with van der Waals surface area (Å²) in [5.41, 5.74) is 2.19. The molecule has 1 atom stereocenters. The molecule has 0 bridgehead atoms. The number of hydrogen-bond donors (Lipinski definition) is 0. The van der Waals surface area contributed by atoms with Gasteiger partial charge in [-0.3, -0.25) is 4.79 Å². The van der Waals surface area contributed by atoms with Crippen LogP contribution in [0.3, 0.4) is 0 Å². The Morgan fingerprint density at radius 3 is 2.60 bits per heavy atom. The second-order valence-corrected chi connectivity index (χ2v) is 11.7. The molecule has 1 aliphatic rings. The van der Waals surface area contributed by atoms with Gasteiger partial charge < -0.3 is 9.64 Å². The molecule has 1 amide bonds. The number of aryl methyl sites for hydroxylation is 1. The minimum atomic E-state index is -3.91. The Hall–Kier alpha value is -2.65. The molecular weight excluding hydrogens is 504 g/mol. The van der Waals surface area contributed by atoms with Crippen LogP contribution < -0.4 is 4.74 Å². The van der Waals surface area contributed by atoms with Crippen molar-refractivity contribution in [2.24, 2.45) is 0 Å². The van der Waals surface area contributed by atoms with Crippen molar-refractivity contribution in [3.8, 4) is 5.75 Å². The summed E-state index contributed by atoms with van der Waals surface area (Å²) in [5.74, 6) is 0.447. The summed E-state index contributed by atoms with van der Waals surface area (Å²) in [7, 11) is -3.91. The molecule has 9 heteroatoms. The Bertz CT molecular complexity index is 1290.